The molecule has 3 aromatic carbocycles. The summed E-state index contributed by atoms with van der Waals surface area (Å²) in [6.45, 7) is 13.7. The van der Waals surface area contributed by atoms with Crippen LogP contribution in [0.2, 0.25) is 0 Å². The molecule has 0 bridgehead atoms. The molecule has 0 saturated heterocycles. The highest BCUT2D eigenvalue weighted by atomic mass is 19.4. The highest BCUT2D eigenvalue weighted by molar-refractivity contribution is 6.06. The van der Waals surface area contributed by atoms with Gasteiger partial charge in [-0.05, 0) is 48.4 Å². The van der Waals surface area contributed by atoms with Crippen LogP contribution in [0, 0.1) is 6.92 Å². The van der Waals surface area contributed by atoms with Crippen molar-refractivity contribution in [3.8, 4) is 0 Å². The smallest absolute Gasteiger partial charge is 0.398 e. The second-order valence-corrected chi connectivity index (χ2v) is 9.25. The van der Waals surface area contributed by atoms with Crippen LogP contribution >= 0.6 is 0 Å². The molecule has 224 valence electrons. The van der Waals surface area contributed by atoms with Crippen molar-refractivity contribution in [1.29, 1.82) is 0 Å². The molecule has 3 nitrogen and oxygen atoms in total. The number of nitrogens with zero attached hydrogens (tertiary/aromatic N) is 1. The first-order valence-electron chi connectivity index (χ1n) is 13.4. The summed E-state index contributed by atoms with van der Waals surface area (Å²) in [6, 6.07) is 14.9. The Morgan fingerprint density at radius 2 is 1.37 bits per heavy atom. The molecular weight excluding hydrogens is 540 g/mol. The van der Waals surface area contributed by atoms with Gasteiger partial charge in [-0.2, -0.15) is 26.3 Å². The number of unbranched alkanes of at least 4 members (excludes halogenated alkanes) is 1. The molecule has 0 radical (unpaired) electrons. The lowest BCUT2D eigenvalue weighted by Crippen LogP contribution is -2.24. The zero-order valence-corrected chi connectivity index (χ0v) is 24.2. The maximum absolute atomic E-state index is 13.4. The molecule has 0 saturated carbocycles. The Balaban J connectivity index is 0.00000108. The van der Waals surface area contributed by atoms with Crippen molar-refractivity contribution in [2.75, 3.05) is 5.73 Å². The van der Waals surface area contributed by atoms with E-state index in [-0.39, 0.29) is 23.6 Å². The lowest BCUT2D eigenvalue weighted by molar-refractivity contribution is -0.138. The predicted octanol–water partition coefficient (Wildman–Crippen LogP) is 10.0. The summed E-state index contributed by atoms with van der Waals surface area (Å²) < 4.78 is 79.1. The van der Waals surface area contributed by atoms with E-state index in [1.54, 1.807) is 24.3 Å². The molecule has 3 aromatic rings. The summed E-state index contributed by atoms with van der Waals surface area (Å²) in [6.07, 6.45) is -5.15. The number of benzene rings is 3. The molecule has 0 heterocycles. The molecule has 9 heteroatoms. The highest BCUT2D eigenvalue weighted by Crippen LogP contribution is 2.33. The largest absolute Gasteiger partial charge is 0.416 e. The molecular formula is C32H39F6N3. The molecule has 0 aromatic heterocycles. The van der Waals surface area contributed by atoms with Crippen molar-refractivity contribution in [3.63, 3.8) is 0 Å². The van der Waals surface area contributed by atoms with Crippen LogP contribution in [0.4, 0.5) is 32.0 Å². The van der Waals surface area contributed by atoms with E-state index in [0.717, 1.165) is 18.2 Å². The minimum absolute atomic E-state index is 0.0416. The third-order valence-electron chi connectivity index (χ3n) is 5.59. The van der Waals surface area contributed by atoms with Crippen LogP contribution in [0.15, 0.2) is 78.3 Å². The van der Waals surface area contributed by atoms with Crippen molar-refractivity contribution in [2.45, 2.75) is 72.8 Å². The van der Waals surface area contributed by atoms with E-state index in [0.29, 0.717) is 22.4 Å². The zero-order chi connectivity index (χ0) is 31.2. The monoisotopic (exact) mass is 579 g/mol. The van der Waals surface area contributed by atoms with Gasteiger partial charge in [0.1, 0.15) is 5.84 Å². The second-order valence-electron chi connectivity index (χ2n) is 9.25. The first kappa shape index (κ1) is 35.3. The first-order chi connectivity index (χ1) is 19.2. The van der Waals surface area contributed by atoms with E-state index >= 15 is 0 Å². The third-order valence-corrected chi connectivity index (χ3v) is 5.59. The van der Waals surface area contributed by atoms with Gasteiger partial charge in [-0.15, -0.1) is 0 Å². The Morgan fingerprint density at radius 3 is 1.88 bits per heavy atom. The number of alkyl halides is 6. The highest BCUT2D eigenvalue weighted by Gasteiger charge is 2.33. The number of halogens is 6. The van der Waals surface area contributed by atoms with Crippen LogP contribution in [0.25, 0.3) is 5.70 Å². The molecule has 0 aliphatic heterocycles. The van der Waals surface area contributed by atoms with E-state index in [4.69, 9.17) is 5.73 Å². The number of hydrogen-bond donors (Lipinski definition) is 2. The van der Waals surface area contributed by atoms with Crippen LogP contribution in [0.3, 0.4) is 0 Å². The third kappa shape index (κ3) is 11.3. The molecule has 0 fully saturated rings. The van der Waals surface area contributed by atoms with Crippen molar-refractivity contribution >= 4 is 17.2 Å². The van der Waals surface area contributed by atoms with Crippen LogP contribution < -0.4 is 11.1 Å². The Labute approximate surface area is 239 Å². The van der Waals surface area contributed by atoms with Gasteiger partial charge in [-0.3, -0.25) is 4.99 Å². The first-order valence-corrected chi connectivity index (χ1v) is 13.4. The maximum Gasteiger partial charge on any atom is 0.416 e. The van der Waals surface area contributed by atoms with E-state index in [1.807, 2.05) is 0 Å². The van der Waals surface area contributed by atoms with Gasteiger partial charge in [0.15, 0.2) is 0 Å². The van der Waals surface area contributed by atoms with Crippen molar-refractivity contribution in [2.24, 2.45) is 4.99 Å². The summed E-state index contributed by atoms with van der Waals surface area (Å²) in [5.74, 6) is 0.138. The van der Waals surface area contributed by atoms with Crippen LogP contribution in [-0.4, -0.2) is 5.84 Å². The summed E-state index contributed by atoms with van der Waals surface area (Å²) >= 11 is 0. The van der Waals surface area contributed by atoms with Gasteiger partial charge in [-0.1, -0.05) is 89.9 Å². The molecule has 0 aliphatic rings. The van der Waals surface area contributed by atoms with Crippen molar-refractivity contribution in [3.05, 3.63) is 107 Å². The summed E-state index contributed by atoms with van der Waals surface area (Å²) in [4.78, 5) is 4.34. The van der Waals surface area contributed by atoms with Crippen LogP contribution in [-0.2, 0) is 18.9 Å². The van der Waals surface area contributed by atoms with Crippen LogP contribution in [0.5, 0.6) is 0 Å². The molecule has 0 aliphatic carbocycles. The molecule has 3 N–H and O–H groups in total. The number of nitrogens with two attached hydrogens (primary N) is 1. The molecule has 0 amide bonds. The number of nitrogens with one attached hydrogen (secondary N) is 1. The summed E-state index contributed by atoms with van der Waals surface area (Å²) in [7, 11) is 0. The molecule has 3 rings (SSSR count). The standard InChI is InChI=1S/C25H21F6N3.C4H10.C3H8/c1-15-13-18(24(26,27)28)11-12-19(15)16(2)34-23(20-8-4-6-10-22(20)32)33-14-17-7-3-5-9-21(17)25(29,30)31;1-3-4-2;1-3-2/h3-13H,2,14,32H2,1H3,(H,33,34);3-4H2,1-2H3;3H2,1-2H3. The predicted molar refractivity (Wildman–Crippen MR) is 157 cm³/mol. The maximum atomic E-state index is 13.4. The lowest BCUT2D eigenvalue weighted by atomic mass is 10.0. The van der Waals surface area contributed by atoms with E-state index in [1.165, 1.54) is 50.5 Å². The summed E-state index contributed by atoms with van der Waals surface area (Å²) in [5, 5.41) is 2.93. The fourth-order valence-electron chi connectivity index (χ4n) is 3.39. The SMILES string of the molecule is C=C(NC(=NCc1ccccc1C(F)(F)F)c1ccccc1N)c1ccc(C(F)(F)F)cc1C.CCC.CCCC. The van der Waals surface area contributed by atoms with Gasteiger partial charge in [0.25, 0.3) is 0 Å². The number of nitrogen functional groups attached to an aromatic ring is 1. The Hall–Kier alpha value is -3.75. The number of amidine groups is 1. The van der Waals surface area contributed by atoms with E-state index in [9.17, 15) is 26.3 Å². The fraction of sp³-hybridized carbons (Fsp3) is 0.344. The second kappa shape index (κ2) is 16.5. The van der Waals surface area contributed by atoms with E-state index in [2.05, 4.69) is 44.6 Å². The molecule has 0 unspecified atom stereocenters. The summed E-state index contributed by atoms with van der Waals surface area (Å²) in [5.41, 5.74) is 6.05. The number of para-hydroxylation sites is 1. The number of hydrogen-bond acceptors (Lipinski definition) is 2. The van der Waals surface area contributed by atoms with Gasteiger partial charge in [-0.25, -0.2) is 0 Å². The Bertz CT molecular complexity index is 1270. The Morgan fingerprint density at radius 1 is 0.805 bits per heavy atom. The number of rotatable bonds is 6. The minimum Gasteiger partial charge on any atom is -0.398 e. The van der Waals surface area contributed by atoms with Gasteiger partial charge >= 0.3 is 12.4 Å². The van der Waals surface area contributed by atoms with E-state index < -0.39 is 23.5 Å². The topological polar surface area (TPSA) is 50.4 Å². The Kier molecular flexibility index (Phi) is 14.2. The van der Waals surface area contributed by atoms with Crippen LogP contribution in [0.1, 0.15) is 80.3 Å². The number of anilines is 1. The quantitative estimate of drug-likeness (QED) is 0.132. The lowest BCUT2D eigenvalue weighted by Gasteiger charge is -2.18. The average molecular weight is 580 g/mol. The van der Waals surface area contributed by atoms with Gasteiger partial charge in [0, 0.05) is 22.5 Å². The molecule has 0 spiro atoms. The van der Waals surface area contributed by atoms with Gasteiger partial charge < -0.3 is 11.1 Å². The molecule has 0 atom stereocenters. The molecule has 41 heavy (non-hydrogen) atoms. The van der Waals surface area contributed by atoms with Gasteiger partial charge in [0.05, 0.1) is 17.7 Å². The van der Waals surface area contributed by atoms with Crippen molar-refractivity contribution < 1.29 is 26.3 Å². The average Bonchev–Trinajstić information content (AvgIpc) is 2.91. The fourth-order valence-corrected chi connectivity index (χ4v) is 3.39. The zero-order valence-electron chi connectivity index (χ0n) is 24.2. The number of aliphatic imine (C=N–C) groups is 1. The van der Waals surface area contributed by atoms with Gasteiger partial charge in [0.2, 0.25) is 0 Å². The van der Waals surface area contributed by atoms with Crippen molar-refractivity contribution in [1.82, 2.24) is 5.32 Å². The number of aryl methyl sites for hydroxylation is 1. The normalized spacial score (nSPS) is 11.5. The minimum atomic E-state index is -4.55.